The van der Waals surface area contributed by atoms with Gasteiger partial charge in [0, 0.05) is 43.6 Å². The first-order valence-corrected chi connectivity index (χ1v) is 9.09. The SMILES string of the molecule is CC(C)n1nc2c3c1=CNNC=3C=CC1=C2CN(C2CCOCC2)N1. The van der Waals surface area contributed by atoms with Crippen LogP contribution >= 0.6 is 0 Å². The Balaban J connectivity index is 1.59. The highest BCUT2D eigenvalue weighted by molar-refractivity contribution is 5.77. The summed E-state index contributed by atoms with van der Waals surface area (Å²) >= 11 is 0. The Bertz CT molecular complexity index is 887. The van der Waals surface area contributed by atoms with Gasteiger partial charge in [0.25, 0.3) is 0 Å². The molecule has 4 aliphatic rings. The Kier molecular flexibility index (Phi) is 3.39. The molecule has 25 heavy (non-hydrogen) atoms. The van der Waals surface area contributed by atoms with Gasteiger partial charge in [0.05, 0.1) is 22.0 Å². The lowest BCUT2D eigenvalue weighted by atomic mass is 10.1. The summed E-state index contributed by atoms with van der Waals surface area (Å²) < 4.78 is 7.63. The van der Waals surface area contributed by atoms with Crippen LogP contribution in [0.25, 0.3) is 17.5 Å². The number of fused-ring (bicyclic) bond motifs is 1. The molecule has 0 amide bonds. The van der Waals surface area contributed by atoms with Crippen molar-refractivity contribution >= 4 is 17.5 Å². The number of hydrazine groups is 2. The summed E-state index contributed by atoms with van der Waals surface area (Å²) in [5.41, 5.74) is 14.6. The van der Waals surface area contributed by atoms with E-state index in [0.717, 1.165) is 55.0 Å². The van der Waals surface area contributed by atoms with Crippen LogP contribution in [0.1, 0.15) is 38.4 Å². The molecule has 4 heterocycles. The van der Waals surface area contributed by atoms with Crippen LogP contribution in [-0.2, 0) is 4.74 Å². The van der Waals surface area contributed by atoms with E-state index in [1.165, 1.54) is 10.8 Å². The smallest absolute Gasteiger partial charge is 0.102 e. The number of nitrogens with one attached hydrogen (secondary N) is 3. The molecule has 0 bridgehead atoms. The van der Waals surface area contributed by atoms with Crippen molar-refractivity contribution in [2.24, 2.45) is 0 Å². The van der Waals surface area contributed by atoms with E-state index >= 15 is 0 Å². The first-order valence-electron chi connectivity index (χ1n) is 9.09. The molecule has 5 rings (SSSR count). The summed E-state index contributed by atoms with van der Waals surface area (Å²) in [6.07, 6.45) is 8.46. The molecule has 1 aromatic rings. The second kappa shape index (κ2) is 5.64. The quantitative estimate of drug-likeness (QED) is 0.687. The lowest BCUT2D eigenvalue weighted by Crippen LogP contribution is -2.46. The van der Waals surface area contributed by atoms with Crippen molar-refractivity contribution in [2.75, 3.05) is 19.8 Å². The second-order valence-corrected chi connectivity index (χ2v) is 7.28. The molecule has 132 valence electrons. The lowest BCUT2D eigenvalue weighted by Gasteiger charge is -2.31. The molecule has 0 aromatic carbocycles. The van der Waals surface area contributed by atoms with Crippen LogP contribution in [0, 0.1) is 0 Å². The molecule has 0 atom stereocenters. The maximum atomic E-state index is 5.52. The van der Waals surface area contributed by atoms with Crippen molar-refractivity contribution in [3.63, 3.8) is 0 Å². The van der Waals surface area contributed by atoms with Gasteiger partial charge < -0.3 is 21.0 Å². The predicted molar refractivity (Wildman–Crippen MR) is 95.7 cm³/mol. The standard InChI is InChI=1S/C18H24N6O/c1-11(2)24-16-9-19-20-15-4-3-14-13(18(22-24)17(15)16)10-23(21-14)12-5-7-25-8-6-12/h3-4,9,11-12,19-21H,5-8,10H2,1-2H3. The molecule has 1 saturated heterocycles. The molecule has 0 spiro atoms. The maximum Gasteiger partial charge on any atom is 0.102 e. The second-order valence-electron chi connectivity index (χ2n) is 7.28. The van der Waals surface area contributed by atoms with Crippen molar-refractivity contribution in [2.45, 2.75) is 38.8 Å². The molecule has 3 aliphatic heterocycles. The maximum absolute atomic E-state index is 5.52. The third kappa shape index (κ3) is 2.30. The minimum Gasteiger partial charge on any atom is -0.381 e. The van der Waals surface area contributed by atoms with Crippen molar-refractivity contribution in [1.29, 1.82) is 0 Å². The Labute approximate surface area is 146 Å². The Morgan fingerprint density at radius 1 is 1.20 bits per heavy atom. The largest absolute Gasteiger partial charge is 0.381 e. The molecule has 1 aliphatic carbocycles. The summed E-state index contributed by atoms with van der Waals surface area (Å²) in [7, 11) is 0. The molecule has 3 N–H and O–H groups in total. The Hall–Kier alpha value is -2.25. The van der Waals surface area contributed by atoms with Gasteiger partial charge in [-0.25, -0.2) is 5.01 Å². The number of hydrogen-bond donors (Lipinski definition) is 3. The average molecular weight is 340 g/mol. The van der Waals surface area contributed by atoms with Crippen molar-refractivity contribution in [1.82, 2.24) is 31.1 Å². The molecule has 1 aromatic heterocycles. The number of nitrogens with zero attached hydrogens (tertiary/aromatic N) is 3. The van der Waals surface area contributed by atoms with Crippen LogP contribution in [0.15, 0.2) is 17.8 Å². The van der Waals surface area contributed by atoms with Gasteiger partial charge >= 0.3 is 0 Å². The van der Waals surface area contributed by atoms with Crippen LogP contribution in [0.2, 0.25) is 0 Å². The van der Waals surface area contributed by atoms with Gasteiger partial charge in [0.2, 0.25) is 0 Å². The first kappa shape index (κ1) is 15.0. The third-order valence-electron chi connectivity index (χ3n) is 5.37. The highest BCUT2D eigenvalue weighted by atomic mass is 16.5. The molecular formula is C18H24N6O. The highest BCUT2D eigenvalue weighted by Gasteiger charge is 2.32. The van der Waals surface area contributed by atoms with E-state index in [4.69, 9.17) is 9.84 Å². The molecule has 0 unspecified atom stereocenters. The van der Waals surface area contributed by atoms with E-state index < -0.39 is 0 Å². The summed E-state index contributed by atoms with van der Waals surface area (Å²) in [5.74, 6) is 0. The zero-order chi connectivity index (χ0) is 17.0. The number of hydrogen-bond acceptors (Lipinski definition) is 6. The molecular weight excluding hydrogens is 316 g/mol. The lowest BCUT2D eigenvalue weighted by molar-refractivity contribution is 0.0287. The van der Waals surface area contributed by atoms with Gasteiger partial charge in [0.1, 0.15) is 5.69 Å². The van der Waals surface area contributed by atoms with Crippen LogP contribution in [-0.4, -0.2) is 40.6 Å². The van der Waals surface area contributed by atoms with Gasteiger partial charge in [-0.3, -0.25) is 4.68 Å². The molecule has 0 radical (unpaired) electrons. The van der Waals surface area contributed by atoms with Crippen molar-refractivity contribution in [3.8, 4) is 0 Å². The van der Waals surface area contributed by atoms with Gasteiger partial charge in [-0.2, -0.15) is 5.10 Å². The van der Waals surface area contributed by atoms with E-state index in [1.54, 1.807) is 0 Å². The summed E-state index contributed by atoms with van der Waals surface area (Å²) in [5, 5.41) is 9.69. The average Bonchev–Trinajstić information content (AvgIpc) is 3.19. The third-order valence-corrected chi connectivity index (χ3v) is 5.37. The van der Waals surface area contributed by atoms with E-state index in [2.05, 4.69) is 52.0 Å². The van der Waals surface area contributed by atoms with E-state index in [1.807, 2.05) is 6.20 Å². The van der Waals surface area contributed by atoms with Gasteiger partial charge in [-0.05, 0) is 38.8 Å². The summed E-state index contributed by atoms with van der Waals surface area (Å²) in [6.45, 7) is 6.93. The van der Waals surface area contributed by atoms with Crippen molar-refractivity contribution in [3.05, 3.63) is 34.1 Å². The normalized spacial score (nSPS) is 22.8. The van der Waals surface area contributed by atoms with Crippen LogP contribution in [0.4, 0.5) is 0 Å². The fourth-order valence-corrected chi connectivity index (χ4v) is 4.07. The Morgan fingerprint density at radius 2 is 2.00 bits per heavy atom. The molecule has 1 fully saturated rings. The van der Waals surface area contributed by atoms with Crippen molar-refractivity contribution < 1.29 is 4.74 Å². The van der Waals surface area contributed by atoms with Gasteiger partial charge in [-0.15, -0.1) is 0 Å². The predicted octanol–water partition coefficient (Wildman–Crippen LogP) is -0.302. The topological polar surface area (TPSA) is 66.4 Å². The number of ether oxygens (including phenoxy) is 1. The number of aromatic nitrogens is 2. The van der Waals surface area contributed by atoms with Crippen LogP contribution in [0.3, 0.4) is 0 Å². The fraction of sp³-hybridized carbons (Fsp3) is 0.500. The zero-order valence-corrected chi connectivity index (χ0v) is 14.7. The summed E-state index contributed by atoms with van der Waals surface area (Å²) in [6, 6.07) is 0.834. The summed E-state index contributed by atoms with van der Waals surface area (Å²) in [4.78, 5) is 0. The first-order chi connectivity index (χ1) is 12.2. The highest BCUT2D eigenvalue weighted by Crippen LogP contribution is 2.27. The zero-order valence-electron chi connectivity index (χ0n) is 14.7. The van der Waals surface area contributed by atoms with Crippen LogP contribution in [0.5, 0.6) is 0 Å². The monoisotopic (exact) mass is 340 g/mol. The van der Waals surface area contributed by atoms with Gasteiger partial charge in [-0.1, -0.05) is 0 Å². The van der Waals surface area contributed by atoms with Crippen LogP contribution < -0.4 is 26.8 Å². The van der Waals surface area contributed by atoms with E-state index in [-0.39, 0.29) is 0 Å². The number of allylic oxidation sites excluding steroid dienone is 1. The molecule has 0 saturated carbocycles. The minimum absolute atomic E-state index is 0.313. The molecule has 7 nitrogen and oxygen atoms in total. The van der Waals surface area contributed by atoms with E-state index in [0.29, 0.717) is 12.1 Å². The van der Waals surface area contributed by atoms with E-state index in [9.17, 15) is 0 Å². The minimum atomic E-state index is 0.313. The number of rotatable bonds is 2. The Morgan fingerprint density at radius 3 is 2.80 bits per heavy atom. The fourth-order valence-electron chi connectivity index (χ4n) is 4.07. The van der Waals surface area contributed by atoms with Gasteiger partial charge in [0.15, 0.2) is 0 Å². The molecule has 7 heteroatoms.